The molecule has 0 radical (unpaired) electrons. The highest BCUT2D eigenvalue weighted by molar-refractivity contribution is 5.29. The zero-order valence-corrected chi connectivity index (χ0v) is 17.3. The van der Waals surface area contributed by atoms with Crippen molar-refractivity contribution in [3.63, 3.8) is 0 Å². The Morgan fingerprint density at radius 3 is 1.90 bits per heavy atom. The minimum absolute atomic E-state index is 0.652. The Balaban J connectivity index is 1.31. The molecule has 0 spiro atoms. The van der Waals surface area contributed by atoms with Crippen molar-refractivity contribution in [3.8, 4) is 5.75 Å². The van der Waals surface area contributed by atoms with E-state index < -0.39 is 17.9 Å². The molecule has 5 heteroatoms. The first-order valence-electron chi connectivity index (χ1n) is 11.4. The summed E-state index contributed by atoms with van der Waals surface area (Å²) in [6.07, 6.45) is 13.2. The zero-order valence-electron chi connectivity index (χ0n) is 17.3. The molecule has 0 unspecified atom stereocenters. The quantitative estimate of drug-likeness (QED) is 0.292. The zero-order chi connectivity index (χ0) is 20.7. The monoisotopic (exact) mass is 414 g/mol. The molecule has 2 aliphatic carbocycles. The number of rotatable bonds is 9. The van der Waals surface area contributed by atoms with Gasteiger partial charge in [-0.25, -0.2) is 4.39 Å². The highest BCUT2D eigenvalue weighted by Crippen LogP contribution is 2.35. The highest BCUT2D eigenvalue weighted by Gasteiger charge is 2.32. The summed E-state index contributed by atoms with van der Waals surface area (Å²) in [6.45, 7) is 0. The molecule has 0 bridgehead atoms. The minimum Gasteiger partial charge on any atom is -0.403 e. The second kappa shape index (κ2) is 10.7. The van der Waals surface area contributed by atoms with Gasteiger partial charge in [-0.2, -0.15) is 0 Å². The van der Waals surface area contributed by atoms with Gasteiger partial charge < -0.3 is 4.74 Å². The van der Waals surface area contributed by atoms with Gasteiger partial charge in [0.1, 0.15) is 0 Å². The lowest BCUT2D eigenvalue weighted by Gasteiger charge is -2.28. The van der Waals surface area contributed by atoms with Crippen LogP contribution in [-0.2, 0) is 6.42 Å². The lowest BCUT2D eigenvalue weighted by atomic mass is 9.77. The third-order valence-corrected chi connectivity index (χ3v) is 6.98. The molecule has 164 valence electrons. The first-order valence-corrected chi connectivity index (χ1v) is 11.4. The van der Waals surface area contributed by atoms with E-state index in [1.165, 1.54) is 83.1 Å². The van der Waals surface area contributed by atoms with Crippen LogP contribution in [0.2, 0.25) is 0 Å². The van der Waals surface area contributed by atoms with Crippen LogP contribution in [0.25, 0.3) is 0 Å². The van der Waals surface area contributed by atoms with Crippen LogP contribution in [0, 0.1) is 23.6 Å². The van der Waals surface area contributed by atoms with Gasteiger partial charge in [0.15, 0.2) is 11.6 Å². The first kappa shape index (κ1) is 22.4. The van der Waals surface area contributed by atoms with Crippen molar-refractivity contribution >= 4 is 0 Å². The van der Waals surface area contributed by atoms with E-state index in [0.717, 1.165) is 29.9 Å². The maximum absolute atomic E-state index is 13.8. The number of ether oxygens (including phenoxy) is 1. The van der Waals surface area contributed by atoms with Gasteiger partial charge in [-0.3, -0.25) is 0 Å². The molecule has 2 aliphatic rings. The van der Waals surface area contributed by atoms with Crippen molar-refractivity contribution in [2.75, 3.05) is 0 Å². The highest BCUT2D eigenvalue weighted by atomic mass is 19.4. The van der Waals surface area contributed by atoms with E-state index in [4.69, 9.17) is 0 Å². The summed E-state index contributed by atoms with van der Waals surface area (Å²) in [4.78, 5) is 0. The minimum atomic E-state index is -4.86. The molecular formula is C24H34F4O. The fourth-order valence-corrected chi connectivity index (χ4v) is 5.25. The van der Waals surface area contributed by atoms with Crippen molar-refractivity contribution in [2.45, 2.75) is 96.3 Å². The summed E-state index contributed by atoms with van der Waals surface area (Å²) >= 11 is 0. The number of benzene rings is 1. The maximum Gasteiger partial charge on any atom is 0.573 e. The molecule has 0 saturated heterocycles. The first-order chi connectivity index (χ1) is 13.9. The summed E-state index contributed by atoms with van der Waals surface area (Å²) in [6, 6.07) is 3.80. The van der Waals surface area contributed by atoms with Crippen molar-refractivity contribution < 1.29 is 22.3 Å². The topological polar surface area (TPSA) is 9.23 Å². The largest absolute Gasteiger partial charge is 0.573 e. The van der Waals surface area contributed by atoms with Gasteiger partial charge in [-0.15, -0.1) is 13.2 Å². The number of halogens is 4. The summed E-state index contributed by atoms with van der Waals surface area (Å²) < 4.78 is 54.2. The molecule has 0 heterocycles. The van der Waals surface area contributed by atoms with Crippen molar-refractivity contribution in [3.05, 3.63) is 29.6 Å². The molecule has 29 heavy (non-hydrogen) atoms. The second-order valence-electron chi connectivity index (χ2n) is 9.17. The van der Waals surface area contributed by atoms with Crippen LogP contribution in [0.5, 0.6) is 5.75 Å². The van der Waals surface area contributed by atoms with Crippen molar-refractivity contribution in [1.29, 1.82) is 0 Å². The number of alkyl halides is 3. The van der Waals surface area contributed by atoms with Crippen LogP contribution in [-0.4, -0.2) is 6.36 Å². The van der Waals surface area contributed by atoms with E-state index in [0.29, 0.717) is 12.3 Å². The van der Waals surface area contributed by atoms with E-state index >= 15 is 0 Å². The van der Waals surface area contributed by atoms with Gasteiger partial charge in [0.25, 0.3) is 0 Å². The molecule has 0 atom stereocenters. The molecule has 0 amide bonds. The Kier molecular flexibility index (Phi) is 8.25. The van der Waals surface area contributed by atoms with E-state index in [-0.39, 0.29) is 0 Å². The number of hydrogen-bond donors (Lipinski definition) is 0. The molecular weight excluding hydrogens is 380 g/mol. The Labute approximate surface area is 172 Å². The lowest BCUT2D eigenvalue weighted by Crippen LogP contribution is -2.18. The summed E-state index contributed by atoms with van der Waals surface area (Å²) in [5.41, 5.74) is 0.742. The van der Waals surface area contributed by atoms with Crippen LogP contribution in [0.1, 0.15) is 89.0 Å². The van der Waals surface area contributed by atoms with Gasteiger partial charge in [-0.1, -0.05) is 83.1 Å². The van der Waals surface area contributed by atoms with E-state index in [2.05, 4.69) is 4.74 Å². The predicted molar refractivity (Wildman–Crippen MR) is 107 cm³/mol. The van der Waals surface area contributed by atoms with Gasteiger partial charge in [0.05, 0.1) is 0 Å². The van der Waals surface area contributed by atoms with Crippen LogP contribution in [0.15, 0.2) is 18.2 Å². The fraction of sp³-hybridized carbons (Fsp3) is 0.750. The maximum atomic E-state index is 13.8. The molecule has 0 N–H and O–H groups in total. The number of aryl methyl sites for hydroxylation is 1. The summed E-state index contributed by atoms with van der Waals surface area (Å²) in [7, 11) is 0. The molecule has 1 aromatic rings. The smallest absolute Gasteiger partial charge is 0.403 e. The van der Waals surface area contributed by atoms with Crippen molar-refractivity contribution in [2.24, 2.45) is 17.8 Å². The van der Waals surface area contributed by atoms with E-state index in [1.54, 1.807) is 6.07 Å². The average Bonchev–Trinajstić information content (AvgIpc) is 3.19. The average molecular weight is 415 g/mol. The van der Waals surface area contributed by atoms with E-state index in [9.17, 15) is 17.6 Å². The normalized spacial score (nSPS) is 23.4. The van der Waals surface area contributed by atoms with Crippen LogP contribution in [0.3, 0.4) is 0 Å². The SMILES string of the molecule is Fc1cc(CC[C@H]2CC[C@H](CCCCC3CCCC3)CC2)ccc1OC(F)(F)F. The van der Waals surface area contributed by atoms with Gasteiger partial charge in [-0.05, 0) is 48.3 Å². The number of unbranched alkanes of at least 4 members (excludes halogenated alkanes) is 1. The molecule has 3 rings (SSSR count). The van der Waals surface area contributed by atoms with Gasteiger partial charge in [0, 0.05) is 0 Å². The number of hydrogen-bond acceptors (Lipinski definition) is 1. The van der Waals surface area contributed by atoms with Gasteiger partial charge in [0.2, 0.25) is 0 Å². The Morgan fingerprint density at radius 2 is 1.34 bits per heavy atom. The second-order valence-corrected chi connectivity index (χ2v) is 9.17. The third-order valence-electron chi connectivity index (χ3n) is 6.98. The molecule has 2 saturated carbocycles. The summed E-state index contributed by atoms with van der Waals surface area (Å²) in [5.74, 6) is 0.825. The van der Waals surface area contributed by atoms with Crippen LogP contribution >= 0.6 is 0 Å². The van der Waals surface area contributed by atoms with Crippen LogP contribution in [0.4, 0.5) is 17.6 Å². The van der Waals surface area contributed by atoms with Crippen molar-refractivity contribution in [1.82, 2.24) is 0 Å². The molecule has 1 nitrogen and oxygen atoms in total. The lowest BCUT2D eigenvalue weighted by molar-refractivity contribution is -0.275. The fourth-order valence-electron chi connectivity index (χ4n) is 5.25. The molecule has 2 fully saturated rings. The molecule has 0 aromatic heterocycles. The standard InChI is InChI=1S/C24H34F4O/c25-22-17-21(15-16-23(22)29-24(26,27)28)14-13-20-11-9-19(10-12-20)8-4-3-7-18-5-1-2-6-18/h15-20H,1-14H2/t19-,20-. The predicted octanol–water partition coefficient (Wildman–Crippen LogP) is 8.21. The van der Waals surface area contributed by atoms with Gasteiger partial charge >= 0.3 is 6.36 Å². The Morgan fingerprint density at radius 1 is 0.793 bits per heavy atom. The Hall–Kier alpha value is -1.26. The summed E-state index contributed by atoms with van der Waals surface area (Å²) in [5, 5.41) is 0. The third kappa shape index (κ3) is 7.82. The van der Waals surface area contributed by atoms with E-state index in [1.807, 2.05) is 0 Å². The molecule has 0 aliphatic heterocycles. The molecule has 1 aromatic carbocycles. The van der Waals surface area contributed by atoms with Crippen LogP contribution < -0.4 is 4.74 Å². The Bertz CT molecular complexity index is 614.